The number of benzene rings is 2. The summed E-state index contributed by atoms with van der Waals surface area (Å²) in [4.78, 5) is 35.8. The van der Waals surface area contributed by atoms with Gasteiger partial charge >= 0.3 is 6.09 Å². The molecule has 2 fully saturated rings. The number of carbonyl (C=O) groups excluding carboxylic acids is 2. The number of rotatable bonds is 6. The van der Waals surface area contributed by atoms with Gasteiger partial charge in [-0.1, -0.05) is 29.8 Å². The number of hydrogen-bond donors (Lipinski definition) is 4. The van der Waals surface area contributed by atoms with Crippen molar-refractivity contribution < 1.29 is 14.3 Å². The van der Waals surface area contributed by atoms with Crippen molar-refractivity contribution in [1.29, 1.82) is 5.41 Å². The number of amides is 2. The molecule has 0 radical (unpaired) electrons. The van der Waals surface area contributed by atoms with Gasteiger partial charge in [-0.15, -0.1) is 0 Å². The van der Waals surface area contributed by atoms with E-state index in [-0.39, 0.29) is 35.6 Å². The maximum absolute atomic E-state index is 12.8. The molecule has 1 saturated heterocycles. The first-order chi connectivity index (χ1) is 19.0. The van der Waals surface area contributed by atoms with E-state index >= 15 is 0 Å². The average molecular weight is 562 g/mol. The van der Waals surface area contributed by atoms with Crippen LogP contribution in [0.2, 0.25) is 5.02 Å². The molecular formula is C29H32ClN7O3. The minimum atomic E-state index is -0.573. The molecule has 2 heterocycles. The molecular weight excluding hydrogens is 530 g/mol. The molecule has 1 aliphatic heterocycles. The van der Waals surface area contributed by atoms with Gasteiger partial charge in [0.2, 0.25) is 0 Å². The maximum atomic E-state index is 12.8. The smallest absolute Gasteiger partial charge is 0.410 e. The van der Waals surface area contributed by atoms with E-state index in [2.05, 4.69) is 20.6 Å². The van der Waals surface area contributed by atoms with Gasteiger partial charge in [0, 0.05) is 34.4 Å². The molecule has 0 spiro atoms. The summed E-state index contributed by atoms with van der Waals surface area (Å²) in [6.45, 7) is 6.24. The summed E-state index contributed by atoms with van der Waals surface area (Å²) in [6, 6.07) is 13.5. The lowest BCUT2D eigenvalue weighted by Gasteiger charge is -2.35. The number of likely N-dealkylation sites (tertiary alicyclic amines) is 1. The summed E-state index contributed by atoms with van der Waals surface area (Å²) in [7, 11) is 0. The fourth-order valence-corrected chi connectivity index (χ4v) is 5.53. The molecule has 3 aromatic rings. The summed E-state index contributed by atoms with van der Waals surface area (Å²) >= 11 is 6.01. The number of halogens is 1. The molecule has 1 aliphatic carbocycles. The van der Waals surface area contributed by atoms with Gasteiger partial charge in [-0.25, -0.2) is 14.8 Å². The fourth-order valence-electron chi connectivity index (χ4n) is 5.34. The molecule has 5 rings (SSSR count). The minimum absolute atomic E-state index is 0.0460. The predicted octanol–water partition coefficient (Wildman–Crippen LogP) is 5.19. The summed E-state index contributed by atoms with van der Waals surface area (Å²) in [5.74, 6) is 0.665. The Morgan fingerprint density at radius 3 is 2.50 bits per heavy atom. The number of nitrogens with one attached hydrogen (secondary N) is 3. The van der Waals surface area contributed by atoms with Crippen molar-refractivity contribution in [2.45, 2.75) is 51.3 Å². The van der Waals surface area contributed by atoms with E-state index in [1.807, 2.05) is 20.8 Å². The first-order valence-corrected chi connectivity index (χ1v) is 13.5. The molecule has 10 nitrogen and oxygen atoms in total. The van der Waals surface area contributed by atoms with Gasteiger partial charge in [0.1, 0.15) is 23.6 Å². The Hall–Kier alpha value is -4.18. The topological polar surface area (TPSA) is 146 Å². The van der Waals surface area contributed by atoms with Crippen molar-refractivity contribution in [3.63, 3.8) is 0 Å². The molecule has 1 saturated carbocycles. The summed E-state index contributed by atoms with van der Waals surface area (Å²) in [6.07, 6.45) is 2.79. The number of piperidine rings is 1. The number of fused-ring (bicyclic) bond motifs is 2. The van der Waals surface area contributed by atoms with Gasteiger partial charge < -0.3 is 26.0 Å². The molecule has 2 bridgehead atoms. The van der Waals surface area contributed by atoms with Crippen LogP contribution in [0.25, 0.3) is 0 Å². The third-order valence-corrected chi connectivity index (χ3v) is 7.31. The lowest BCUT2D eigenvalue weighted by Crippen LogP contribution is -2.49. The molecule has 2 amide bonds. The van der Waals surface area contributed by atoms with E-state index in [0.717, 1.165) is 12.8 Å². The second kappa shape index (κ2) is 10.8. The molecule has 3 unspecified atom stereocenters. The number of aromatic nitrogens is 2. The lowest BCUT2D eigenvalue weighted by atomic mass is 10.0. The highest BCUT2D eigenvalue weighted by atomic mass is 35.5. The van der Waals surface area contributed by atoms with Gasteiger partial charge in [0.25, 0.3) is 5.91 Å². The maximum Gasteiger partial charge on any atom is 0.410 e. The Kier molecular flexibility index (Phi) is 7.37. The normalized spacial score (nSPS) is 19.8. The van der Waals surface area contributed by atoms with E-state index in [0.29, 0.717) is 45.7 Å². The zero-order chi connectivity index (χ0) is 28.6. The lowest BCUT2D eigenvalue weighted by molar-refractivity contribution is 0.0179. The van der Waals surface area contributed by atoms with E-state index in [4.69, 9.17) is 27.5 Å². The van der Waals surface area contributed by atoms with Crippen LogP contribution in [0.3, 0.4) is 0 Å². The van der Waals surface area contributed by atoms with Gasteiger partial charge in [-0.2, -0.15) is 0 Å². The zero-order valence-electron chi connectivity index (χ0n) is 22.6. The van der Waals surface area contributed by atoms with Crippen molar-refractivity contribution in [3.8, 4) is 0 Å². The van der Waals surface area contributed by atoms with Crippen LogP contribution in [0.4, 0.5) is 22.1 Å². The first-order valence-electron chi connectivity index (χ1n) is 13.1. The number of anilines is 3. The Morgan fingerprint density at radius 2 is 1.82 bits per heavy atom. The number of nitrogen functional groups attached to an aromatic ring is 1. The second-order valence-electron chi connectivity index (χ2n) is 11.2. The molecule has 11 heteroatoms. The average Bonchev–Trinajstić information content (AvgIpc) is 3.49. The molecule has 2 aliphatic rings. The summed E-state index contributed by atoms with van der Waals surface area (Å²) in [5.41, 5.74) is 7.72. The quantitative estimate of drug-likeness (QED) is 0.303. The van der Waals surface area contributed by atoms with Crippen molar-refractivity contribution in [2.24, 2.45) is 5.92 Å². The molecule has 2 aromatic carbocycles. The van der Waals surface area contributed by atoms with Crippen LogP contribution >= 0.6 is 11.6 Å². The van der Waals surface area contributed by atoms with Crippen LogP contribution in [0.5, 0.6) is 0 Å². The highest BCUT2D eigenvalue weighted by Crippen LogP contribution is 2.40. The van der Waals surface area contributed by atoms with E-state index < -0.39 is 5.60 Å². The third kappa shape index (κ3) is 5.86. The number of carbonyl (C=O) groups is 2. The first kappa shape index (κ1) is 27.4. The number of nitrogens with two attached hydrogens (primary N) is 1. The molecule has 5 N–H and O–H groups in total. The number of ether oxygens (including phenoxy) is 1. The predicted molar refractivity (Wildman–Crippen MR) is 155 cm³/mol. The van der Waals surface area contributed by atoms with Crippen LogP contribution < -0.4 is 16.4 Å². The van der Waals surface area contributed by atoms with Gasteiger partial charge in [-0.3, -0.25) is 10.2 Å². The number of nitrogens with zero attached hydrogens (tertiary/aromatic N) is 3. The Labute approximate surface area is 237 Å². The highest BCUT2D eigenvalue weighted by Gasteiger charge is 2.48. The largest absolute Gasteiger partial charge is 0.444 e. The van der Waals surface area contributed by atoms with Crippen molar-refractivity contribution in [1.82, 2.24) is 14.9 Å². The molecule has 1 aromatic heterocycles. The van der Waals surface area contributed by atoms with Crippen molar-refractivity contribution in [3.05, 3.63) is 76.6 Å². The van der Waals surface area contributed by atoms with Crippen LogP contribution in [0.15, 0.2) is 54.9 Å². The fraction of sp³-hybridized carbons (Fsp3) is 0.345. The van der Waals surface area contributed by atoms with Gasteiger partial charge in [0.05, 0.1) is 17.3 Å². The van der Waals surface area contributed by atoms with Crippen LogP contribution in [-0.2, 0) is 4.74 Å². The van der Waals surface area contributed by atoms with Crippen molar-refractivity contribution in [2.75, 3.05) is 22.9 Å². The van der Waals surface area contributed by atoms with Gasteiger partial charge in [0.15, 0.2) is 0 Å². The summed E-state index contributed by atoms with van der Waals surface area (Å²) < 4.78 is 5.62. The molecule has 3 atom stereocenters. The Morgan fingerprint density at radius 1 is 1.10 bits per heavy atom. The van der Waals surface area contributed by atoms with E-state index in [1.165, 1.54) is 6.33 Å². The Balaban J connectivity index is 1.31. The van der Waals surface area contributed by atoms with Gasteiger partial charge in [-0.05, 0) is 69.9 Å². The van der Waals surface area contributed by atoms with Crippen LogP contribution in [0, 0.1) is 11.3 Å². The molecule has 40 heavy (non-hydrogen) atoms. The summed E-state index contributed by atoms with van der Waals surface area (Å²) in [5, 5.41) is 15.7. The third-order valence-electron chi connectivity index (χ3n) is 7.08. The van der Waals surface area contributed by atoms with Crippen LogP contribution in [0.1, 0.15) is 55.1 Å². The standard InChI is InChI=1S/C29H32ClN7O3/c1-29(2,3)40-28(39)37-14-16-11-21(22(37)12-16)36-26-23(25(32)33-15-34-26)24(31)17-7-9-18(10-8-17)27(38)35-20-6-4-5-19(30)13-20/h4-10,13,15-16,21-22,31H,11-12,14H2,1-3H3,(H,35,38)(H3,32,33,34,36). The zero-order valence-corrected chi connectivity index (χ0v) is 23.3. The highest BCUT2D eigenvalue weighted by molar-refractivity contribution is 6.31. The molecule has 208 valence electrons. The SMILES string of the molecule is CC(C)(C)OC(=O)N1CC2CC(Nc3ncnc(N)c3C(=N)c3ccc(C(=O)Nc4cccc(Cl)c4)cc3)C1C2. The number of hydrogen-bond acceptors (Lipinski definition) is 8. The van der Waals surface area contributed by atoms with Crippen LogP contribution in [-0.4, -0.2) is 56.8 Å². The van der Waals surface area contributed by atoms with E-state index in [9.17, 15) is 9.59 Å². The van der Waals surface area contributed by atoms with Crippen molar-refractivity contribution >= 4 is 46.6 Å². The Bertz CT molecular complexity index is 1450. The minimum Gasteiger partial charge on any atom is -0.444 e. The van der Waals surface area contributed by atoms with E-state index in [1.54, 1.807) is 53.4 Å². The monoisotopic (exact) mass is 561 g/mol. The second-order valence-corrected chi connectivity index (χ2v) is 11.6.